The van der Waals surface area contributed by atoms with Gasteiger partial charge in [0.1, 0.15) is 5.52 Å². The highest BCUT2D eigenvalue weighted by molar-refractivity contribution is 6.33. The summed E-state index contributed by atoms with van der Waals surface area (Å²) < 4.78 is 3.06. The Bertz CT molecular complexity index is 1320. The predicted octanol–water partition coefficient (Wildman–Crippen LogP) is 3.29. The summed E-state index contributed by atoms with van der Waals surface area (Å²) in [6.45, 7) is 0. The van der Waals surface area contributed by atoms with Gasteiger partial charge in [0.15, 0.2) is 0 Å². The second-order valence-corrected chi connectivity index (χ2v) is 6.11. The zero-order valence-corrected chi connectivity index (χ0v) is 12.8. The number of halogens is 1. The van der Waals surface area contributed by atoms with Crippen LogP contribution in [0.25, 0.3) is 38.2 Å². The fourth-order valence-electron chi connectivity index (χ4n) is 3.41. The minimum atomic E-state index is -0.243. The quantitative estimate of drug-likeness (QED) is 0.476. The number of benzene rings is 1. The highest BCUT2D eigenvalue weighted by atomic mass is 35.5. The van der Waals surface area contributed by atoms with E-state index in [1.165, 1.54) is 4.57 Å². The molecule has 0 amide bonds. The van der Waals surface area contributed by atoms with Gasteiger partial charge in [-0.3, -0.25) is 9.36 Å². The molecule has 112 valence electrons. The molecule has 1 aromatic carbocycles. The molecule has 23 heavy (non-hydrogen) atoms. The summed E-state index contributed by atoms with van der Waals surface area (Å²) >= 11 is 6.13. The lowest BCUT2D eigenvalue weighted by atomic mass is 10.1. The first kappa shape index (κ1) is 12.7. The molecule has 5 rings (SSSR count). The lowest BCUT2D eigenvalue weighted by Gasteiger charge is -2.01. The molecule has 6 heteroatoms. The van der Waals surface area contributed by atoms with Gasteiger partial charge in [-0.1, -0.05) is 11.6 Å². The van der Waals surface area contributed by atoms with Gasteiger partial charge >= 0.3 is 0 Å². The number of aromatic hydroxyl groups is 1. The van der Waals surface area contributed by atoms with Gasteiger partial charge in [-0.25, -0.2) is 4.98 Å². The average Bonchev–Trinajstić information content (AvgIpc) is 3.19. The maximum Gasteiger partial charge on any atom is 0.263 e. The van der Waals surface area contributed by atoms with Crippen molar-refractivity contribution in [2.75, 3.05) is 0 Å². The van der Waals surface area contributed by atoms with Crippen molar-refractivity contribution in [3.63, 3.8) is 0 Å². The molecule has 0 fully saturated rings. The number of hydrogen-bond donors (Lipinski definition) is 1. The highest BCUT2D eigenvalue weighted by Gasteiger charge is 2.22. The molecule has 4 aromatic heterocycles. The monoisotopic (exact) mass is 323 g/mol. The molecule has 0 atom stereocenters. The molecule has 0 spiro atoms. The summed E-state index contributed by atoms with van der Waals surface area (Å²) in [5.41, 5.74) is 2.62. The van der Waals surface area contributed by atoms with Crippen LogP contribution in [-0.2, 0) is 7.05 Å². The van der Waals surface area contributed by atoms with E-state index < -0.39 is 0 Å². The molecule has 5 aromatic rings. The van der Waals surface area contributed by atoms with Crippen LogP contribution >= 0.6 is 11.6 Å². The number of fused-ring (bicyclic) bond motifs is 8. The van der Waals surface area contributed by atoms with E-state index in [0.717, 1.165) is 27.3 Å². The van der Waals surface area contributed by atoms with Crippen LogP contribution in [0.2, 0.25) is 5.02 Å². The number of hydrogen-bond acceptors (Lipinski definition) is 3. The van der Waals surface area contributed by atoms with E-state index >= 15 is 0 Å². The number of aromatic nitrogens is 3. The molecule has 4 heterocycles. The van der Waals surface area contributed by atoms with Crippen LogP contribution in [-0.4, -0.2) is 19.1 Å². The topological polar surface area (TPSA) is 59.5 Å². The molecule has 0 aliphatic heterocycles. The standard InChI is InChI=1S/C17H10ClN3O2/c1-20-16(22)13-12-9-7-8(18)4-5-10(9)19-14(12)11-3-2-6-21(11)15(13)17(20)23/h2-7,23H,1H3. The summed E-state index contributed by atoms with van der Waals surface area (Å²) in [4.78, 5) is 17.4. The first-order valence-electron chi connectivity index (χ1n) is 7.11. The van der Waals surface area contributed by atoms with Crippen molar-refractivity contribution in [2.24, 2.45) is 7.05 Å². The van der Waals surface area contributed by atoms with Gasteiger partial charge in [-0.2, -0.15) is 0 Å². The van der Waals surface area contributed by atoms with Crippen molar-refractivity contribution >= 4 is 49.8 Å². The van der Waals surface area contributed by atoms with E-state index in [1.54, 1.807) is 13.1 Å². The molecular formula is C17H10ClN3O2. The van der Waals surface area contributed by atoms with Gasteiger partial charge in [-0.15, -0.1) is 0 Å². The minimum Gasteiger partial charge on any atom is -0.493 e. The third kappa shape index (κ3) is 1.38. The number of rotatable bonds is 0. The Labute approximate surface area is 134 Å². The van der Waals surface area contributed by atoms with Crippen molar-refractivity contribution in [2.45, 2.75) is 0 Å². The zero-order valence-electron chi connectivity index (χ0n) is 12.0. The van der Waals surface area contributed by atoms with Crippen molar-refractivity contribution in [1.29, 1.82) is 0 Å². The second-order valence-electron chi connectivity index (χ2n) is 5.67. The van der Waals surface area contributed by atoms with Crippen LogP contribution < -0.4 is 5.56 Å². The van der Waals surface area contributed by atoms with Gasteiger partial charge in [0.2, 0.25) is 5.88 Å². The summed E-state index contributed by atoms with van der Waals surface area (Å²) in [6.07, 6.45) is 1.82. The molecule has 0 saturated heterocycles. The normalized spacial score (nSPS) is 12.3. The Morgan fingerprint density at radius 1 is 1.22 bits per heavy atom. The predicted molar refractivity (Wildman–Crippen MR) is 90.8 cm³/mol. The van der Waals surface area contributed by atoms with Gasteiger partial charge in [0, 0.05) is 29.0 Å². The number of pyridine rings is 1. The van der Waals surface area contributed by atoms with Crippen LogP contribution in [0.3, 0.4) is 0 Å². The average molecular weight is 324 g/mol. The summed E-state index contributed by atoms with van der Waals surface area (Å²) in [7, 11) is 1.56. The third-order valence-corrected chi connectivity index (χ3v) is 4.70. The molecule has 0 saturated carbocycles. The van der Waals surface area contributed by atoms with E-state index in [-0.39, 0.29) is 11.4 Å². The molecule has 0 radical (unpaired) electrons. The molecule has 1 N–H and O–H groups in total. The summed E-state index contributed by atoms with van der Waals surface area (Å²) in [5.74, 6) is -0.0514. The zero-order chi connectivity index (χ0) is 15.9. The second kappa shape index (κ2) is 3.94. The number of nitrogens with zero attached hydrogens (tertiary/aromatic N) is 3. The first-order chi connectivity index (χ1) is 11.1. The van der Waals surface area contributed by atoms with Crippen LogP contribution in [0.1, 0.15) is 0 Å². The Balaban J connectivity index is 2.29. The molecule has 0 unspecified atom stereocenters. The first-order valence-corrected chi connectivity index (χ1v) is 7.49. The molecule has 5 nitrogen and oxygen atoms in total. The largest absolute Gasteiger partial charge is 0.493 e. The lowest BCUT2D eigenvalue weighted by molar-refractivity contribution is 0.433. The Morgan fingerprint density at radius 3 is 2.87 bits per heavy atom. The van der Waals surface area contributed by atoms with Crippen molar-refractivity contribution in [1.82, 2.24) is 14.0 Å². The van der Waals surface area contributed by atoms with Crippen molar-refractivity contribution in [3.8, 4) is 5.88 Å². The molecule has 0 aliphatic rings. The maximum atomic E-state index is 12.7. The molecule has 0 bridgehead atoms. The van der Waals surface area contributed by atoms with Crippen LogP contribution in [0, 0.1) is 0 Å². The van der Waals surface area contributed by atoms with Crippen LogP contribution in [0.15, 0.2) is 41.3 Å². The fraction of sp³-hybridized carbons (Fsp3) is 0.0588. The van der Waals surface area contributed by atoms with E-state index in [4.69, 9.17) is 11.6 Å². The van der Waals surface area contributed by atoms with E-state index in [0.29, 0.717) is 15.9 Å². The van der Waals surface area contributed by atoms with E-state index in [2.05, 4.69) is 4.98 Å². The Hall–Kier alpha value is -2.79. The minimum absolute atomic E-state index is 0.0514. The smallest absolute Gasteiger partial charge is 0.263 e. The summed E-state index contributed by atoms with van der Waals surface area (Å²) in [6, 6.07) is 9.23. The van der Waals surface area contributed by atoms with Gasteiger partial charge in [0.25, 0.3) is 5.56 Å². The Kier molecular flexibility index (Phi) is 2.18. The van der Waals surface area contributed by atoms with Crippen LogP contribution in [0.4, 0.5) is 0 Å². The SMILES string of the molecule is Cn1c(O)c2c(c1=O)c1c3cc(Cl)ccc3nc1c1cccn12. The van der Waals surface area contributed by atoms with Gasteiger partial charge in [-0.05, 0) is 30.3 Å². The Morgan fingerprint density at radius 2 is 2.04 bits per heavy atom. The van der Waals surface area contributed by atoms with Crippen LogP contribution in [0.5, 0.6) is 5.88 Å². The molecule has 0 aliphatic carbocycles. The highest BCUT2D eigenvalue weighted by Crippen LogP contribution is 2.37. The third-order valence-electron chi connectivity index (χ3n) is 4.46. The fourth-order valence-corrected chi connectivity index (χ4v) is 3.58. The van der Waals surface area contributed by atoms with Crippen molar-refractivity contribution in [3.05, 3.63) is 51.9 Å². The summed E-state index contributed by atoms with van der Waals surface area (Å²) in [5, 5.41) is 13.0. The van der Waals surface area contributed by atoms with Gasteiger partial charge < -0.3 is 9.51 Å². The maximum absolute atomic E-state index is 12.7. The van der Waals surface area contributed by atoms with Gasteiger partial charge in [0.05, 0.1) is 21.9 Å². The lowest BCUT2D eigenvalue weighted by Crippen LogP contribution is -2.09. The van der Waals surface area contributed by atoms with E-state index in [9.17, 15) is 9.90 Å². The van der Waals surface area contributed by atoms with E-state index in [1.807, 2.05) is 34.9 Å². The van der Waals surface area contributed by atoms with Crippen molar-refractivity contribution < 1.29 is 5.11 Å². The molecular weight excluding hydrogens is 314 g/mol.